The predicted octanol–water partition coefficient (Wildman–Crippen LogP) is -2.64. The average molecular weight is 235 g/mol. The molecular formula is C9H10BN3O4. The fourth-order valence-corrected chi connectivity index (χ4v) is 1.46. The number of fused-ring (bicyclic) bond motifs is 1. The summed E-state index contributed by atoms with van der Waals surface area (Å²) in [5, 5.41) is 42.0. The Labute approximate surface area is 97.4 Å². The first-order valence-corrected chi connectivity index (χ1v) is 4.73. The Morgan fingerprint density at radius 3 is 2.47 bits per heavy atom. The zero-order valence-corrected chi connectivity index (χ0v) is 8.94. The monoisotopic (exact) mass is 235 g/mol. The van der Waals surface area contributed by atoms with Crippen molar-refractivity contribution in [1.82, 2.24) is 14.6 Å². The van der Waals surface area contributed by atoms with Gasteiger partial charge in [0.2, 0.25) is 11.6 Å². The van der Waals surface area contributed by atoms with Crippen molar-refractivity contribution in [3.8, 4) is 0 Å². The molecule has 88 valence electrons. The predicted molar refractivity (Wildman–Crippen MR) is 57.3 cm³/mol. The van der Waals surface area contributed by atoms with Crippen molar-refractivity contribution in [2.45, 2.75) is 18.5 Å². The number of hydrogen-bond donors (Lipinski definition) is 4. The second kappa shape index (κ2) is 3.51. The summed E-state index contributed by atoms with van der Waals surface area (Å²) in [4.78, 5) is 3.79. The maximum atomic E-state index is 9.76. The van der Waals surface area contributed by atoms with Crippen LogP contribution in [0.3, 0.4) is 0 Å². The standard InChI is InChI=1S/C9H10BN3O4/c1-8(14,15)9(16,17)5-2-3-6(10)13-7(5)11-4-12-13/h2-4,14-17H,1H3. The van der Waals surface area contributed by atoms with Crippen LogP contribution < -0.4 is 5.59 Å². The lowest BCUT2D eigenvalue weighted by molar-refractivity contribution is -0.357. The first-order valence-electron chi connectivity index (χ1n) is 4.73. The Bertz CT molecular complexity index is 561. The lowest BCUT2D eigenvalue weighted by atomic mass is 9.96. The molecule has 0 amide bonds. The van der Waals surface area contributed by atoms with E-state index in [0.29, 0.717) is 0 Å². The van der Waals surface area contributed by atoms with Crippen LogP contribution in [0.2, 0.25) is 0 Å². The maximum absolute atomic E-state index is 9.76. The van der Waals surface area contributed by atoms with Crippen LogP contribution >= 0.6 is 0 Å². The molecule has 0 saturated heterocycles. The molecule has 2 radical (unpaired) electrons. The third-order valence-corrected chi connectivity index (χ3v) is 2.49. The van der Waals surface area contributed by atoms with E-state index < -0.39 is 11.6 Å². The number of aromatic nitrogens is 3. The van der Waals surface area contributed by atoms with Gasteiger partial charge in [-0.3, -0.25) is 0 Å². The molecule has 8 heteroatoms. The summed E-state index contributed by atoms with van der Waals surface area (Å²) in [7, 11) is 5.59. The molecule has 0 unspecified atom stereocenters. The topological polar surface area (TPSA) is 111 Å². The molecule has 0 fully saturated rings. The summed E-state index contributed by atoms with van der Waals surface area (Å²) in [6, 6.07) is 2.59. The third-order valence-electron chi connectivity index (χ3n) is 2.49. The molecule has 0 aliphatic rings. The Morgan fingerprint density at radius 1 is 1.24 bits per heavy atom. The molecule has 0 atom stereocenters. The van der Waals surface area contributed by atoms with E-state index in [-0.39, 0.29) is 16.8 Å². The van der Waals surface area contributed by atoms with Crippen LogP contribution in [0.15, 0.2) is 18.5 Å². The molecule has 0 aliphatic carbocycles. The molecule has 4 N–H and O–H groups in total. The molecule has 0 bridgehead atoms. The number of nitrogens with zero attached hydrogens (tertiary/aromatic N) is 3. The van der Waals surface area contributed by atoms with Gasteiger partial charge in [0.1, 0.15) is 14.2 Å². The lowest BCUT2D eigenvalue weighted by Gasteiger charge is -2.32. The Morgan fingerprint density at radius 2 is 1.88 bits per heavy atom. The van der Waals surface area contributed by atoms with Gasteiger partial charge < -0.3 is 20.4 Å². The van der Waals surface area contributed by atoms with Gasteiger partial charge in [0.05, 0.1) is 5.56 Å². The van der Waals surface area contributed by atoms with Crippen molar-refractivity contribution in [2.24, 2.45) is 0 Å². The quantitative estimate of drug-likeness (QED) is 0.334. The number of aliphatic hydroxyl groups is 4. The molecule has 17 heavy (non-hydrogen) atoms. The first-order chi connectivity index (χ1) is 7.75. The van der Waals surface area contributed by atoms with Crippen LogP contribution in [0.1, 0.15) is 12.5 Å². The van der Waals surface area contributed by atoms with Crippen LogP contribution in [-0.2, 0) is 5.79 Å². The second-order valence-electron chi connectivity index (χ2n) is 3.86. The average Bonchev–Trinajstić information content (AvgIpc) is 2.65. The Balaban J connectivity index is 2.72. The van der Waals surface area contributed by atoms with Gasteiger partial charge in [-0.05, 0) is 18.6 Å². The molecule has 0 spiro atoms. The summed E-state index contributed by atoms with van der Waals surface area (Å²) in [5.41, 5.74) is 0.0515. The SMILES string of the molecule is [B]c1ccc(C(O)(O)C(C)(O)O)c2ncnn12. The molecule has 0 aromatic carbocycles. The van der Waals surface area contributed by atoms with Crippen molar-refractivity contribution >= 4 is 19.1 Å². The van der Waals surface area contributed by atoms with Gasteiger partial charge in [-0.15, -0.1) is 0 Å². The van der Waals surface area contributed by atoms with E-state index in [4.69, 9.17) is 7.85 Å². The zero-order chi connectivity index (χ0) is 12.8. The van der Waals surface area contributed by atoms with E-state index in [2.05, 4.69) is 10.1 Å². The Hall–Kier alpha value is -1.48. The highest BCUT2D eigenvalue weighted by Crippen LogP contribution is 2.29. The van der Waals surface area contributed by atoms with E-state index >= 15 is 0 Å². The van der Waals surface area contributed by atoms with Crippen LogP contribution in [0.5, 0.6) is 0 Å². The maximum Gasteiger partial charge on any atom is 0.249 e. The van der Waals surface area contributed by atoms with Gasteiger partial charge in [-0.25, -0.2) is 9.50 Å². The van der Waals surface area contributed by atoms with Gasteiger partial charge in [0, 0.05) is 0 Å². The summed E-state index contributed by atoms with van der Waals surface area (Å²) in [6.07, 6.45) is 1.16. The van der Waals surface area contributed by atoms with E-state index in [1.165, 1.54) is 12.1 Å². The molecule has 2 heterocycles. The first kappa shape index (κ1) is 12.0. The van der Waals surface area contributed by atoms with Gasteiger partial charge in [0.25, 0.3) is 0 Å². The van der Waals surface area contributed by atoms with E-state index in [0.717, 1.165) is 17.8 Å². The highest BCUT2D eigenvalue weighted by Gasteiger charge is 2.46. The van der Waals surface area contributed by atoms with Gasteiger partial charge >= 0.3 is 0 Å². The summed E-state index contributed by atoms with van der Waals surface area (Å²) < 4.78 is 1.16. The van der Waals surface area contributed by atoms with Crippen molar-refractivity contribution in [3.05, 3.63) is 24.0 Å². The van der Waals surface area contributed by atoms with Crippen LogP contribution in [0, 0.1) is 0 Å². The van der Waals surface area contributed by atoms with Crippen LogP contribution in [0.4, 0.5) is 0 Å². The minimum Gasteiger partial charge on any atom is -0.361 e. The highest BCUT2D eigenvalue weighted by molar-refractivity contribution is 6.31. The number of pyridine rings is 1. The van der Waals surface area contributed by atoms with Crippen LogP contribution in [0.25, 0.3) is 5.65 Å². The van der Waals surface area contributed by atoms with E-state index in [9.17, 15) is 20.4 Å². The smallest absolute Gasteiger partial charge is 0.249 e. The van der Waals surface area contributed by atoms with E-state index in [1.54, 1.807) is 0 Å². The summed E-state index contributed by atoms with van der Waals surface area (Å²) in [6.45, 7) is 0.843. The molecule has 0 saturated carbocycles. The van der Waals surface area contributed by atoms with Crippen LogP contribution in [-0.4, -0.2) is 48.7 Å². The molecule has 7 nitrogen and oxygen atoms in total. The molecular weight excluding hydrogens is 225 g/mol. The van der Waals surface area contributed by atoms with Crippen molar-refractivity contribution in [1.29, 1.82) is 0 Å². The molecule has 2 aromatic heterocycles. The van der Waals surface area contributed by atoms with Crippen molar-refractivity contribution in [2.75, 3.05) is 0 Å². The minimum absolute atomic E-state index is 0.0318. The third kappa shape index (κ3) is 1.71. The zero-order valence-electron chi connectivity index (χ0n) is 8.94. The number of rotatable bonds is 2. The van der Waals surface area contributed by atoms with Gasteiger partial charge in [-0.1, -0.05) is 6.07 Å². The van der Waals surface area contributed by atoms with E-state index in [1.807, 2.05) is 0 Å². The molecule has 2 aromatic rings. The van der Waals surface area contributed by atoms with Crippen molar-refractivity contribution < 1.29 is 20.4 Å². The normalized spacial score (nSPS) is 13.2. The lowest BCUT2D eigenvalue weighted by Crippen LogP contribution is -2.50. The number of hydrogen-bond acceptors (Lipinski definition) is 6. The fourth-order valence-electron chi connectivity index (χ4n) is 1.46. The Kier molecular flexibility index (Phi) is 2.47. The molecule has 2 rings (SSSR count). The largest absolute Gasteiger partial charge is 0.361 e. The van der Waals surface area contributed by atoms with Gasteiger partial charge in [-0.2, -0.15) is 5.10 Å². The summed E-state index contributed by atoms with van der Waals surface area (Å²) in [5.74, 6) is -5.65. The minimum atomic E-state index is -2.89. The summed E-state index contributed by atoms with van der Waals surface area (Å²) >= 11 is 0. The van der Waals surface area contributed by atoms with Crippen molar-refractivity contribution in [3.63, 3.8) is 0 Å². The fraction of sp³-hybridized carbons (Fsp3) is 0.333. The second-order valence-corrected chi connectivity index (χ2v) is 3.86. The highest BCUT2D eigenvalue weighted by atomic mass is 16.6. The molecule has 0 aliphatic heterocycles. The van der Waals surface area contributed by atoms with Gasteiger partial charge in [0.15, 0.2) is 5.65 Å².